The van der Waals surface area contributed by atoms with Gasteiger partial charge in [-0.2, -0.15) is 5.10 Å². The van der Waals surface area contributed by atoms with Crippen molar-refractivity contribution in [3.8, 4) is 5.88 Å². The molecule has 0 fully saturated rings. The van der Waals surface area contributed by atoms with Gasteiger partial charge >= 0.3 is 6.03 Å². The molecule has 2 aromatic rings. The molecule has 8 nitrogen and oxygen atoms in total. The molecule has 5 rings (SSSR count). The molecule has 3 aliphatic rings. The van der Waals surface area contributed by atoms with Gasteiger partial charge in [-0.1, -0.05) is 13.0 Å². The second-order valence-electron chi connectivity index (χ2n) is 8.57. The number of hydrogen-bond donors (Lipinski definition) is 2. The van der Waals surface area contributed by atoms with E-state index in [4.69, 9.17) is 9.88 Å². The molecule has 160 valence electrons. The number of ether oxygens (including phenoxy) is 1. The summed E-state index contributed by atoms with van der Waals surface area (Å²) in [6.45, 7) is 3.23. The van der Waals surface area contributed by atoms with E-state index in [9.17, 15) is 9.00 Å². The van der Waals surface area contributed by atoms with Crippen LogP contribution in [0.4, 0.5) is 10.5 Å². The van der Waals surface area contributed by atoms with Crippen LogP contribution < -0.4 is 15.2 Å². The van der Waals surface area contributed by atoms with Crippen molar-refractivity contribution in [2.24, 2.45) is 15.4 Å². The molecule has 0 bridgehead atoms. The average Bonchev–Trinajstić information content (AvgIpc) is 3.41. The fourth-order valence-electron chi connectivity index (χ4n) is 4.78. The quantitative estimate of drug-likeness (QED) is 0.763. The minimum Gasteiger partial charge on any atom is -0.477 e. The Bertz CT molecular complexity index is 1110. The molecule has 2 atom stereocenters. The number of benzene rings is 1. The highest BCUT2D eigenvalue weighted by Crippen LogP contribution is 2.38. The van der Waals surface area contributed by atoms with Gasteiger partial charge in [0, 0.05) is 12.2 Å². The van der Waals surface area contributed by atoms with Crippen LogP contribution >= 0.6 is 0 Å². The Morgan fingerprint density at radius 1 is 1.27 bits per heavy atom. The van der Waals surface area contributed by atoms with Crippen molar-refractivity contribution in [2.75, 3.05) is 11.9 Å². The maximum Gasteiger partial charge on any atom is 0.354 e. The van der Waals surface area contributed by atoms with Gasteiger partial charge in [0.15, 0.2) is 9.92 Å². The van der Waals surface area contributed by atoms with Gasteiger partial charge in [0.05, 0.1) is 12.8 Å². The van der Waals surface area contributed by atoms with Crippen molar-refractivity contribution in [3.05, 3.63) is 34.5 Å². The Morgan fingerprint density at radius 2 is 1.97 bits per heavy atom. The van der Waals surface area contributed by atoms with E-state index >= 15 is 0 Å². The lowest BCUT2D eigenvalue weighted by Gasteiger charge is -2.15. The lowest BCUT2D eigenvalue weighted by Crippen LogP contribution is -2.19. The second kappa shape index (κ2) is 7.39. The highest BCUT2D eigenvalue weighted by Gasteiger charge is 2.27. The zero-order valence-electron chi connectivity index (χ0n) is 17.1. The first-order valence-electron chi connectivity index (χ1n) is 10.6. The Hall–Kier alpha value is -2.39. The van der Waals surface area contributed by atoms with Crippen molar-refractivity contribution < 1.29 is 13.7 Å². The number of nitrogens with two attached hydrogens (primary N) is 1. The molecular formula is C21H27N5O3S. The van der Waals surface area contributed by atoms with Gasteiger partial charge in [-0.15, -0.1) is 4.36 Å². The largest absolute Gasteiger partial charge is 0.477 e. The van der Waals surface area contributed by atoms with Crippen molar-refractivity contribution >= 4 is 21.6 Å². The normalized spacial score (nSPS) is 21.6. The predicted octanol–water partition coefficient (Wildman–Crippen LogP) is 3.21. The molecule has 0 saturated carbocycles. The van der Waals surface area contributed by atoms with Crippen LogP contribution in [0.15, 0.2) is 21.5 Å². The summed E-state index contributed by atoms with van der Waals surface area (Å²) in [6, 6.07) is 1.61. The van der Waals surface area contributed by atoms with E-state index in [0.29, 0.717) is 24.9 Å². The summed E-state index contributed by atoms with van der Waals surface area (Å²) in [7, 11) is -3.48. The van der Waals surface area contributed by atoms with Crippen LogP contribution in [0.5, 0.6) is 5.88 Å². The van der Waals surface area contributed by atoms with Crippen molar-refractivity contribution in [3.63, 3.8) is 0 Å². The van der Waals surface area contributed by atoms with Crippen molar-refractivity contribution in [2.45, 2.75) is 63.3 Å². The summed E-state index contributed by atoms with van der Waals surface area (Å²) in [4.78, 5) is 13.0. The minimum absolute atomic E-state index is 0.176. The lowest BCUT2D eigenvalue weighted by atomic mass is 9.99. The van der Waals surface area contributed by atoms with E-state index in [1.165, 1.54) is 28.5 Å². The first kappa shape index (κ1) is 19.6. The number of carbonyl (C=O) groups excluding carboxylic acids is 1. The summed E-state index contributed by atoms with van der Waals surface area (Å²) in [6.07, 6.45) is 8.44. The Morgan fingerprint density at radius 3 is 2.67 bits per heavy atom. The summed E-state index contributed by atoms with van der Waals surface area (Å²) in [5, 5.41) is 13.2. The second-order valence-corrected chi connectivity index (χ2v) is 10.3. The first-order chi connectivity index (χ1) is 14.4. The fourth-order valence-corrected chi connectivity index (χ4v) is 5.78. The van der Waals surface area contributed by atoms with Gasteiger partial charge in [0.2, 0.25) is 5.88 Å². The van der Waals surface area contributed by atoms with E-state index < -0.39 is 15.9 Å². The van der Waals surface area contributed by atoms with Gasteiger partial charge in [0.1, 0.15) is 4.90 Å². The third kappa shape index (κ3) is 3.39. The van der Waals surface area contributed by atoms with Gasteiger partial charge < -0.3 is 10.1 Å². The number of aryl methyl sites for hydroxylation is 3. The Kier molecular flexibility index (Phi) is 4.82. The summed E-state index contributed by atoms with van der Waals surface area (Å²) in [5.41, 5.74) is 5.87. The van der Waals surface area contributed by atoms with E-state index in [2.05, 4.69) is 27.8 Å². The Labute approximate surface area is 176 Å². The van der Waals surface area contributed by atoms with Gasteiger partial charge in [-0.3, -0.25) is 0 Å². The standard InChI is InChI=1S/C21H27N5O3S/c1-13-8-9-26-20(29-12-13)18(11-23-26)30(22,28)25-21(27)24-19-16-6-2-4-14(16)10-15-5-3-7-17(15)19/h10-11,13H,2-9,12H2,1H3,(H3,22,24,25,27,28)/t13-,30?/m1/s1. The van der Waals surface area contributed by atoms with Gasteiger partial charge in [-0.05, 0) is 73.1 Å². The number of hydrogen-bond acceptors (Lipinski definition) is 4. The maximum atomic E-state index is 13.2. The van der Waals surface area contributed by atoms with Crippen LogP contribution in [0.2, 0.25) is 0 Å². The summed E-state index contributed by atoms with van der Waals surface area (Å²) < 4.78 is 24.5. The fraction of sp³-hybridized carbons (Fsp3) is 0.524. The predicted molar refractivity (Wildman–Crippen MR) is 114 cm³/mol. The zero-order valence-corrected chi connectivity index (χ0v) is 18.0. The molecule has 3 N–H and O–H groups in total. The van der Waals surface area contributed by atoms with Crippen LogP contribution in [0.3, 0.4) is 0 Å². The first-order valence-corrected chi connectivity index (χ1v) is 12.2. The molecule has 2 aliphatic carbocycles. The molecule has 0 saturated heterocycles. The molecule has 1 aromatic carbocycles. The highest BCUT2D eigenvalue weighted by molar-refractivity contribution is 7.91. The number of nitrogens with one attached hydrogen (secondary N) is 1. The summed E-state index contributed by atoms with van der Waals surface area (Å²) >= 11 is 0. The topological polar surface area (TPSA) is 112 Å². The monoisotopic (exact) mass is 429 g/mol. The van der Waals surface area contributed by atoms with Crippen molar-refractivity contribution in [1.29, 1.82) is 0 Å². The third-order valence-electron chi connectivity index (χ3n) is 6.34. The highest BCUT2D eigenvalue weighted by atomic mass is 32.2. The van der Waals surface area contributed by atoms with E-state index in [0.717, 1.165) is 50.6 Å². The number of rotatable bonds is 2. The number of nitrogens with zero attached hydrogens (tertiary/aromatic N) is 3. The van der Waals surface area contributed by atoms with Crippen LogP contribution in [0.1, 0.15) is 48.4 Å². The molecule has 2 heterocycles. The number of anilines is 1. The molecule has 1 aliphatic heterocycles. The molecular weight excluding hydrogens is 402 g/mol. The average molecular weight is 430 g/mol. The number of aromatic nitrogens is 2. The zero-order chi connectivity index (χ0) is 20.9. The van der Waals surface area contributed by atoms with Crippen molar-refractivity contribution in [1.82, 2.24) is 9.78 Å². The Balaban J connectivity index is 1.46. The summed E-state index contributed by atoms with van der Waals surface area (Å²) in [5.74, 6) is 0.709. The molecule has 1 aromatic heterocycles. The molecule has 0 radical (unpaired) electrons. The van der Waals surface area contributed by atoms with Crippen LogP contribution in [-0.2, 0) is 42.1 Å². The smallest absolute Gasteiger partial charge is 0.354 e. The molecule has 0 spiro atoms. The third-order valence-corrected chi connectivity index (χ3v) is 7.68. The van der Waals surface area contributed by atoms with Gasteiger partial charge in [-0.25, -0.2) is 18.8 Å². The van der Waals surface area contributed by atoms with Crippen LogP contribution in [-0.4, -0.2) is 26.6 Å². The minimum atomic E-state index is -3.48. The maximum absolute atomic E-state index is 13.2. The number of urea groups is 1. The van der Waals surface area contributed by atoms with Crippen LogP contribution in [0, 0.1) is 5.92 Å². The molecule has 1 unspecified atom stereocenters. The SMILES string of the molecule is C[C@@H]1CCn2ncc(S(N)(=O)=NC(=O)Nc3c4c(cc5c3CCC5)CCC4)c2OC1. The number of carbonyl (C=O) groups is 1. The number of amides is 2. The van der Waals surface area contributed by atoms with Gasteiger partial charge in [0.25, 0.3) is 0 Å². The lowest BCUT2D eigenvalue weighted by molar-refractivity contribution is 0.254. The van der Waals surface area contributed by atoms with E-state index in [1.54, 1.807) is 4.68 Å². The molecule has 30 heavy (non-hydrogen) atoms. The van der Waals surface area contributed by atoms with Crippen LogP contribution in [0.25, 0.3) is 0 Å². The van der Waals surface area contributed by atoms with E-state index in [-0.39, 0.29) is 4.90 Å². The van der Waals surface area contributed by atoms with E-state index in [1.807, 2.05) is 0 Å². The number of fused-ring (bicyclic) bond motifs is 3. The molecule has 9 heteroatoms. The molecule has 2 amide bonds.